The van der Waals surface area contributed by atoms with Gasteiger partial charge in [0, 0.05) is 6.20 Å². The van der Waals surface area contributed by atoms with E-state index in [0.717, 1.165) is 11.4 Å². The predicted octanol–water partition coefficient (Wildman–Crippen LogP) is 2.24. The van der Waals surface area contributed by atoms with Crippen molar-refractivity contribution in [2.45, 2.75) is 6.10 Å². The molecule has 0 radical (unpaired) electrons. The molecule has 0 spiro atoms. The molecule has 1 aromatic heterocycles. The number of anilines is 1. The monoisotopic (exact) mass is 311 g/mol. The van der Waals surface area contributed by atoms with E-state index in [1.54, 1.807) is 13.3 Å². The first-order chi connectivity index (χ1) is 11.3. The number of para-hydroxylation sites is 2. The van der Waals surface area contributed by atoms with Gasteiger partial charge in [0.2, 0.25) is 5.88 Å². The lowest BCUT2D eigenvalue weighted by molar-refractivity contribution is 0.161. The maximum Gasteiger partial charge on any atom is 0.233 e. The molecule has 0 N–H and O–H groups in total. The topological polar surface area (TPSA) is 67.6 Å². The molecule has 0 aliphatic carbocycles. The summed E-state index contributed by atoms with van der Waals surface area (Å²) in [6.07, 6.45) is 1.70. The van der Waals surface area contributed by atoms with Gasteiger partial charge in [-0.1, -0.05) is 12.1 Å². The molecule has 23 heavy (non-hydrogen) atoms. The number of nitrogens with zero attached hydrogens (tertiary/aromatic N) is 3. The van der Waals surface area contributed by atoms with E-state index < -0.39 is 0 Å². The van der Waals surface area contributed by atoms with Crippen LogP contribution in [0.1, 0.15) is 5.56 Å². The van der Waals surface area contributed by atoms with E-state index in [-0.39, 0.29) is 6.10 Å². The summed E-state index contributed by atoms with van der Waals surface area (Å²) in [6.45, 7) is 1.39. The molecule has 6 heteroatoms. The Hall–Kier alpha value is -2.94. The number of pyridine rings is 1. The summed E-state index contributed by atoms with van der Waals surface area (Å²) in [6, 6.07) is 11.5. The Kier molecular flexibility index (Phi) is 4.20. The van der Waals surface area contributed by atoms with Gasteiger partial charge in [-0.3, -0.25) is 0 Å². The zero-order chi connectivity index (χ0) is 16.2. The molecule has 1 aromatic carbocycles. The Labute approximate surface area is 134 Å². The lowest BCUT2D eigenvalue weighted by Gasteiger charge is -2.41. The van der Waals surface area contributed by atoms with Crippen molar-refractivity contribution < 1.29 is 14.2 Å². The molecule has 118 valence electrons. The van der Waals surface area contributed by atoms with Gasteiger partial charge >= 0.3 is 0 Å². The third kappa shape index (κ3) is 2.86. The molecule has 1 aliphatic heterocycles. The number of ether oxygens (including phenoxy) is 3. The zero-order valence-corrected chi connectivity index (χ0v) is 13.0. The lowest BCUT2D eigenvalue weighted by atomic mass is 10.1. The minimum absolute atomic E-state index is 0.0528. The highest BCUT2D eigenvalue weighted by Crippen LogP contribution is 2.33. The normalized spacial score (nSPS) is 13.9. The van der Waals surface area contributed by atoms with Crippen LogP contribution in [0.4, 0.5) is 5.69 Å². The summed E-state index contributed by atoms with van der Waals surface area (Å²) in [5.74, 6) is 1.79. The lowest BCUT2D eigenvalue weighted by Crippen LogP contribution is -2.54. The Balaban J connectivity index is 1.69. The van der Waals surface area contributed by atoms with E-state index in [1.165, 1.54) is 7.11 Å². The van der Waals surface area contributed by atoms with Gasteiger partial charge in [0.05, 0.1) is 33.0 Å². The molecule has 1 aliphatic rings. The maximum absolute atomic E-state index is 9.32. The van der Waals surface area contributed by atoms with Gasteiger partial charge < -0.3 is 19.1 Å². The number of aromatic nitrogens is 1. The standard InChI is InChI=1S/C17H17N3O3/c1-21-15-5-3-4-6-16(15)23-12-10-20(11-12)14-7-8-19-17(22-2)13(14)9-18/h3-8,12H,10-11H2,1-2H3. The molecule has 0 amide bonds. The van der Waals surface area contributed by atoms with Crippen molar-refractivity contribution in [1.29, 1.82) is 5.26 Å². The van der Waals surface area contributed by atoms with Crippen LogP contribution in [0.25, 0.3) is 0 Å². The van der Waals surface area contributed by atoms with Crippen LogP contribution < -0.4 is 19.1 Å². The van der Waals surface area contributed by atoms with Gasteiger partial charge in [0.1, 0.15) is 17.7 Å². The van der Waals surface area contributed by atoms with Gasteiger partial charge in [-0.2, -0.15) is 5.26 Å². The van der Waals surface area contributed by atoms with Crippen LogP contribution in [-0.2, 0) is 0 Å². The maximum atomic E-state index is 9.32. The number of nitriles is 1. The van der Waals surface area contributed by atoms with E-state index in [0.29, 0.717) is 30.3 Å². The Morgan fingerprint density at radius 1 is 1.13 bits per heavy atom. The summed E-state index contributed by atoms with van der Waals surface area (Å²) in [4.78, 5) is 6.13. The van der Waals surface area contributed by atoms with Gasteiger partial charge in [-0.05, 0) is 18.2 Å². The van der Waals surface area contributed by atoms with Crippen molar-refractivity contribution in [2.75, 3.05) is 32.2 Å². The second kappa shape index (κ2) is 6.44. The minimum Gasteiger partial charge on any atom is -0.493 e. The second-order valence-electron chi connectivity index (χ2n) is 5.12. The molecule has 1 saturated heterocycles. The van der Waals surface area contributed by atoms with Crippen LogP contribution in [0, 0.1) is 11.3 Å². The van der Waals surface area contributed by atoms with Crippen molar-refractivity contribution >= 4 is 5.69 Å². The molecule has 2 heterocycles. The summed E-state index contributed by atoms with van der Waals surface area (Å²) in [5, 5.41) is 9.32. The van der Waals surface area contributed by atoms with Crippen LogP contribution in [0.2, 0.25) is 0 Å². The van der Waals surface area contributed by atoms with E-state index in [2.05, 4.69) is 16.0 Å². The van der Waals surface area contributed by atoms with Crippen LogP contribution in [0.15, 0.2) is 36.5 Å². The summed E-state index contributed by atoms with van der Waals surface area (Å²) in [7, 11) is 3.13. The van der Waals surface area contributed by atoms with Crippen molar-refractivity contribution in [3.05, 3.63) is 42.1 Å². The van der Waals surface area contributed by atoms with E-state index >= 15 is 0 Å². The molecule has 0 unspecified atom stereocenters. The molecule has 0 atom stereocenters. The zero-order valence-electron chi connectivity index (χ0n) is 13.0. The number of hydrogen-bond donors (Lipinski definition) is 0. The van der Waals surface area contributed by atoms with Crippen LogP contribution in [0.5, 0.6) is 17.4 Å². The smallest absolute Gasteiger partial charge is 0.233 e. The largest absolute Gasteiger partial charge is 0.493 e. The summed E-state index contributed by atoms with van der Waals surface area (Å²) in [5.41, 5.74) is 1.27. The molecule has 1 fully saturated rings. The van der Waals surface area contributed by atoms with Gasteiger partial charge in [0.25, 0.3) is 0 Å². The first-order valence-electron chi connectivity index (χ1n) is 7.24. The summed E-state index contributed by atoms with van der Waals surface area (Å²) >= 11 is 0. The average molecular weight is 311 g/mol. The van der Waals surface area contributed by atoms with Crippen molar-refractivity contribution in [2.24, 2.45) is 0 Å². The first kappa shape index (κ1) is 15.0. The van der Waals surface area contributed by atoms with Gasteiger partial charge in [-0.25, -0.2) is 4.98 Å². The Morgan fingerprint density at radius 3 is 2.52 bits per heavy atom. The quantitative estimate of drug-likeness (QED) is 0.843. The Morgan fingerprint density at radius 2 is 1.87 bits per heavy atom. The minimum atomic E-state index is 0.0528. The molecular weight excluding hydrogens is 294 g/mol. The SMILES string of the molecule is COc1ccccc1OC1CN(c2ccnc(OC)c2C#N)C1. The molecule has 6 nitrogen and oxygen atoms in total. The van der Waals surface area contributed by atoms with Crippen molar-refractivity contribution in [1.82, 2.24) is 4.98 Å². The number of hydrogen-bond acceptors (Lipinski definition) is 6. The van der Waals surface area contributed by atoms with Crippen LogP contribution in [-0.4, -0.2) is 38.4 Å². The third-order valence-electron chi connectivity index (χ3n) is 3.75. The highest BCUT2D eigenvalue weighted by atomic mass is 16.5. The summed E-state index contributed by atoms with van der Waals surface area (Å²) < 4.78 is 16.4. The highest BCUT2D eigenvalue weighted by Gasteiger charge is 2.31. The van der Waals surface area contributed by atoms with E-state index in [9.17, 15) is 5.26 Å². The number of rotatable bonds is 5. The molecule has 2 aromatic rings. The highest BCUT2D eigenvalue weighted by molar-refractivity contribution is 5.64. The fourth-order valence-corrected chi connectivity index (χ4v) is 2.56. The molecule has 0 saturated carbocycles. The first-order valence-corrected chi connectivity index (χ1v) is 7.24. The van der Waals surface area contributed by atoms with E-state index in [4.69, 9.17) is 14.2 Å². The van der Waals surface area contributed by atoms with E-state index in [1.807, 2.05) is 30.3 Å². The molecule has 0 bridgehead atoms. The average Bonchev–Trinajstić information content (AvgIpc) is 2.57. The predicted molar refractivity (Wildman–Crippen MR) is 85.1 cm³/mol. The third-order valence-corrected chi connectivity index (χ3v) is 3.75. The van der Waals surface area contributed by atoms with Gasteiger partial charge in [-0.15, -0.1) is 0 Å². The number of methoxy groups -OCH3 is 2. The van der Waals surface area contributed by atoms with Gasteiger partial charge in [0.15, 0.2) is 11.5 Å². The molecular formula is C17H17N3O3. The Bertz CT molecular complexity index is 736. The molecule has 3 rings (SSSR count). The van der Waals surface area contributed by atoms with Crippen molar-refractivity contribution in [3.8, 4) is 23.4 Å². The van der Waals surface area contributed by atoms with Crippen molar-refractivity contribution in [3.63, 3.8) is 0 Å². The fourth-order valence-electron chi connectivity index (χ4n) is 2.56. The van der Waals surface area contributed by atoms with Crippen LogP contribution in [0.3, 0.4) is 0 Å². The fraction of sp³-hybridized carbons (Fsp3) is 0.294. The second-order valence-corrected chi connectivity index (χ2v) is 5.12. The van der Waals surface area contributed by atoms with Crippen LogP contribution >= 0.6 is 0 Å². The number of benzene rings is 1.